The van der Waals surface area contributed by atoms with E-state index in [-0.39, 0.29) is 11.9 Å². The van der Waals surface area contributed by atoms with Crippen molar-refractivity contribution in [2.45, 2.75) is 18.6 Å². The number of carbonyl (C=O) groups is 1. The third-order valence-electron chi connectivity index (χ3n) is 3.98. The smallest absolute Gasteiger partial charge is 0.274 e. The van der Waals surface area contributed by atoms with Crippen molar-refractivity contribution in [3.63, 3.8) is 0 Å². The van der Waals surface area contributed by atoms with E-state index in [2.05, 4.69) is 20.6 Å². The number of aromatic nitrogens is 1. The van der Waals surface area contributed by atoms with Crippen LogP contribution in [0.25, 0.3) is 16.3 Å². The molecule has 3 heterocycles. The van der Waals surface area contributed by atoms with Gasteiger partial charge in [0.2, 0.25) is 5.96 Å². The minimum atomic E-state index is -0.549. The highest BCUT2D eigenvalue weighted by Gasteiger charge is 2.27. The minimum Gasteiger partial charge on any atom is -0.391 e. The van der Waals surface area contributed by atoms with Crippen LogP contribution in [-0.2, 0) is 9.53 Å². The molecule has 0 unspecified atom stereocenters. The molecule has 0 saturated carbocycles. The van der Waals surface area contributed by atoms with Crippen LogP contribution in [0.2, 0.25) is 0 Å². The van der Waals surface area contributed by atoms with Crippen LogP contribution in [0, 0.1) is 0 Å². The first-order valence-electron chi connectivity index (χ1n) is 7.66. The zero-order valence-corrected chi connectivity index (χ0v) is 13.5. The first-order valence-corrected chi connectivity index (χ1v) is 8.54. The molecule has 124 valence electrons. The number of aliphatic hydroxyl groups is 1. The fraction of sp³-hybridized carbons (Fsp3) is 0.312. The molecule has 7 nitrogen and oxygen atoms in total. The van der Waals surface area contributed by atoms with Crippen LogP contribution in [0.4, 0.5) is 0 Å². The lowest BCUT2D eigenvalue weighted by atomic mass is 10.1. The van der Waals surface area contributed by atoms with Crippen LogP contribution in [0.5, 0.6) is 0 Å². The lowest BCUT2D eigenvalue weighted by Gasteiger charge is -2.24. The molecule has 0 aliphatic carbocycles. The number of hydrogen-bond acceptors (Lipinski definition) is 6. The predicted molar refractivity (Wildman–Crippen MR) is 91.5 cm³/mol. The molecule has 2 atom stereocenters. The highest BCUT2D eigenvalue weighted by atomic mass is 32.1. The predicted octanol–water partition coefficient (Wildman–Crippen LogP) is 0.862. The molecular formula is C16H16N4O3S. The van der Waals surface area contributed by atoms with Gasteiger partial charge in [-0.15, -0.1) is 11.3 Å². The molecule has 2 fully saturated rings. The molecule has 1 amide bonds. The van der Waals surface area contributed by atoms with Crippen molar-refractivity contribution < 1.29 is 14.6 Å². The fourth-order valence-electron chi connectivity index (χ4n) is 2.69. The van der Waals surface area contributed by atoms with Crippen molar-refractivity contribution in [2.24, 2.45) is 4.99 Å². The van der Waals surface area contributed by atoms with Crippen LogP contribution in [-0.4, -0.2) is 47.3 Å². The number of aliphatic imine (C=N–C) groups is 1. The second-order valence-corrected chi connectivity index (χ2v) is 6.58. The van der Waals surface area contributed by atoms with E-state index in [1.54, 1.807) is 22.9 Å². The third-order valence-corrected chi connectivity index (χ3v) is 4.77. The number of ether oxygens (including phenoxy) is 1. The summed E-state index contributed by atoms with van der Waals surface area (Å²) in [6.07, 6.45) is 1.77. The molecule has 2 aliphatic rings. The Bertz CT molecular complexity index is 845. The largest absolute Gasteiger partial charge is 0.391 e. The summed E-state index contributed by atoms with van der Waals surface area (Å²) in [5.74, 6) is 0.101. The van der Waals surface area contributed by atoms with E-state index in [1.807, 2.05) is 18.2 Å². The van der Waals surface area contributed by atoms with Gasteiger partial charge < -0.3 is 15.2 Å². The Morgan fingerprint density at radius 1 is 1.42 bits per heavy atom. The van der Waals surface area contributed by atoms with Crippen molar-refractivity contribution in [1.82, 2.24) is 15.6 Å². The van der Waals surface area contributed by atoms with Gasteiger partial charge in [0.25, 0.3) is 5.91 Å². The Morgan fingerprint density at radius 3 is 3.21 bits per heavy atom. The summed E-state index contributed by atoms with van der Waals surface area (Å²) >= 11 is 1.56. The number of aliphatic hydroxyl groups excluding tert-OH is 1. The van der Waals surface area contributed by atoms with E-state index in [1.165, 1.54) is 0 Å². The Labute approximate surface area is 142 Å². The first-order chi connectivity index (χ1) is 11.7. The normalized spacial score (nSPS) is 27.6. The van der Waals surface area contributed by atoms with Crippen molar-refractivity contribution in [3.8, 4) is 0 Å². The third kappa shape index (κ3) is 3.03. The highest BCUT2D eigenvalue weighted by molar-refractivity contribution is 7.16. The van der Waals surface area contributed by atoms with Gasteiger partial charge in [-0.2, -0.15) is 0 Å². The maximum absolute atomic E-state index is 12.1. The molecule has 2 aromatic rings. The van der Waals surface area contributed by atoms with Gasteiger partial charge in [-0.25, -0.2) is 9.98 Å². The van der Waals surface area contributed by atoms with Crippen LogP contribution in [0.1, 0.15) is 12.0 Å². The Morgan fingerprint density at radius 2 is 2.33 bits per heavy atom. The summed E-state index contributed by atoms with van der Waals surface area (Å²) in [6.45, 7) is 0.886. The molecule has 3 N–H and O–H groups in total. The van der Waals surface area contributed by atoms with Gasteiger partial charge in [0.1, 0.15) is 11.7 Å². The molecule has 24 heavy (non-hydrogen) atoms. The molecule has 0 radical (unpaired) electrons. The Kier molecular flexibility index (Phi) is 4.01. The molecule has 2 aliphatic heterocycles. The van der Waals surface area contributed by atoms with E-state index < -0.39 is 6.10 Å². The van der Waals surface area contributed by atoms with E-state index in [0.717, 1.165) is 15.8 Å². The van der Waals surface area contributed by atoms with Crippen LogP contribution < -0.4 is 10.6 Å². The van der Waals surface area contributed by atoms with Gasteiger partial charge in [-0.1, -0.05) is 6.07 Å². The van der Waals surface area contributed by atoms with Crippen molar-refractivity contribution in [2.75, 3.05) is 13.2 Å². The number of nitrogens with zero attached hydrogens (tertiary/aromatic N) is 2. The van der Waals surface area contributed by atoms with Gasteiger partial charge in [-0.3, -0.25) is 10.1 Å². The van der Waals surface area contributed by atoms with Gasteiger partial charge in [-0.05, 0) is 30.2 Å². The lowest BCUT2D eigenvalue weighted by Crippen LogP contribution is -2.38. The van der Waals surface area contributed by atoms with Gasteiger partial charge in [0.15, 0.2) is 0 Å². The number of nitrogens with one attached hydrogen (secondary N) is 2. The lowest BCUT2D eigenvalue weighted by molar-refractivity contribution is -0.115. The van der Waals surface area contributed by atoms with Crippen LogP contribution in [0.15, 0.2) is 34.4 Å². The summed E-state index contributed by atoms with van der Waals surface area (Å²) in [7, 11) is 0. The monoisotopic (exact) mass is 344 g/mol. The molecule has 0 bridgehead atoms. The Balaban J connectivity index is 1.54. The van der Waals surface area contributed by atoms with E-state index in [9.17, 15) is 9.90 Å². The molecule has 2 saturated heterocycles. The van der Waals surface area contributed by atoms with Crippen LogP contribution in [0.3, 0.4) is 0 Å². The van der Waals surface area contributed by atoms with Crippen molar-refractivity contribution >= 4 is 39.5 Å². The second kappa shape index (κ2) is 6.31. The first kappa shape index (κ1) is 15.3. The van der Waals surface area contributed by atoms with Gasteiger partial charge >= 0.3 is 0 Å². The number of thiazole rings is 1. The number of fused-ring (bicyclic) bond motifs is 1. The summed E-state index contributed by atoms with van der Waals surface area (Å²) in [4.78, 5) is 20.7. The zero-order chi connectivity index (χ0) is 16.5. The highest BCUT2D eigenvalue weighted by Crippen LogP contribution is 2.21. The fourth-order valence-corrected chi connectivity index (χ4v) is 3.41. The molecular weight excluding hydrogens is 328 g/mol. The molecule has 0 spiro atoms. The number of amides is 1. The number of guanidine groups is 1. The Hall–Kier alpha value is -2.29. The number of carbonyl (C=O) groups excluding carboxylic acids is 1. The number of hydrogen-bond donors (Lipinski definition) is 3. The molecule has 8 heteroatoms. The standard InChI is InChI=1S/C16H16N4O3S/c21-13-3-4-23-7-12(13)19-16-18-11(15(22)20-16)5-9-1-2-10-14(6-9)24-8-17-10/h1-2,5-6,8,12-13,21H,3-4,7H2,(H2,18,19,20,22)/b11-5-/t12-,13-/m1/s1. The van der Waals surface area contributed by atoms with E-state index in [0.29, 0.717) is 31.3 Å². The topological polar surface area (TPSA) is 95.8 Å². The quantitative estimate of drug-likeness (QED) is 0.703. The summed E-state index contributed by atoms with van der Waals surface area (Å²) in [5, 5.41) is 15.6. The maximum atomic E-state index is 12.1. The average molecular weight is 344 g/mol. The zero-order valence-electron chi connectivity index (χ0n) is 12.7. The minimum absolute atomic E-state index is 0.246. The number of benzene rings is 1. The SMILES string of the molecule is O=C1NC(=N[C@@H]2COCC[C@H]2O)N/C1=C\c1ccc2ncsc2c1. The summed E-state index contributed by atoms with van der Waals surface area (Å²) < 4.78 is 6.39. The molecule has 1 aromatic carbocycles. The molecule has 4 rings (SSSR count). The maximum Gasteiger partial charge on any atom is 0.274 e. The average Bonchev–Trinajstić information content (AvgIpc) is 3.16. The molecule has 1 aromatic heterocycles. The van der Waals surface area contributed by atoms with Gasteiger partial charge in [0.05, 0.1) is 28.4 Å². The van der Waals surface area contributed by atoms with Gasteiger partial charge in [0, 0.05) is 6.61 Å². The van der Waals surface area contributed by atoms with Crippen LogP contribution >= 0.6 is 11.3 Å². The second-order valence-electron chi connectivity index (χ2n) is 5.69. The summed E-state index contributed by atoms with van der Waals surface area (Å²) in [6, 6.07) is 5.46. The van der Waals surface area contributed by atoms with E-state index >= 15 is 0 Å². The number of rotatable bonds is 2. The van der Waals surface area contributed by atoms with E-state index in [4.69, 9.17) is 4.74 Å². The summed E-state index contributed by atoms with van der Waals surface area (Å²) in [5.41, 5.74) is 4.07. The van der Waals surface area contributed by atoms with Crippen molar-refractivity contribution in [1.29, 1.82) is 0 Å². The van der Waals surface area contributed by atoms with Crippen molar-refractivity contribution in [3.05, 3.63) is 35.0 Å².